The van der Waals surface area contributed by atoms with E-state index in [0.717, 1.165) is 28.6 Å². The van der Waals surface area contributed by atoms with Gasteiger partial charge in [0.2, 0.25) is 0 Å². The number of hydrogen-bond donors (Lipinski definition) is 1. The highest BCUT2D eigenvalue weighted by molar-refractivity contribution is 6.30. The molecule has 4 aromatic rings. The van der Waals surface area contributed by atoms with Crippen molar-refractivity contribution in [1.29, 1.82) is 0 Å². The summed E-state index contributed by atoms with van der Waals surface area (Å²) >= 11 is 6.15. The molecule has 1 N–H and O–H groups in total. The average Bonchev–Trinajstić information content (AvgIpc) is 2.79. The lowest BCUT2D eigenvalue weighted by molar-refractivity contribution is 0.0954. The predicted octanol–water partition coefficient (Wildman–Crippen LogP) is 5.93. The number of amides is 1. The molecule has 0 aliphatic heterocycles. The van der Waals surface area contributed by atoms with Gasteiger partial charge in [0, 0.05) is 34.1 Å². The Hall–Kier alpha value is -3.37. The molecule has 0 atom stereocenters. The number of fused-ring (bicyclic) bond motifs is 1. The van der Waals surface area contributed by atoms with Gasteiger partial charge in [-0.2, -0.15) is 0 Å². The molecule has 0 unspecified atom stereocenters. The van der Waals surface area contributed by atoms with E-state index in [4.69, 9.17) is 21.3 Å². The Balaban J connectivity index is 1.59. The summed E-state index contributed by atoms with van der Waals surface area (Å²) in [5.41, 5.74) is 4.23. The van der Waals surface area contributed by atoms with Crippen molar-refractivity contribution in [3.05, 3.63) is 95.0 Å². The van der Waals surface area contributed by atoms with Crippen LogP contribution in [-0.4, -0.2) is 24.0 Å². The topological polar surface area (TPSA) is 51.2 Å². The van der Waals surface area contributed by atoms with Crippen molar-refractivity contribution in [3.63, 3.8) is 0 Å². The molecule has 4 nitrogen and oxygen atoms in total. The lowest BCUT2D eigenvalue weighted by atomic mass is 10.1. The van der Waals surface area contributed by atoms with Crippen LogP contribution in [0.5, 0.6) is 5.75 Å². The summed E-state index contributed by atoms with van der Waals surface area (Å²) in [5, 5.41) is 4.45. The number of ether oxygens (including phenoxy) is 1. The molecular formula is C26H23ClN2O2. The van der Waals surface area contributed by atoms with E-state index in [1.807, 2.05) is 67.6 Å². The molecule has 0 aliphatic carbocycles. The third kappa shape index (κ3) is 5.04. The summed E-state index contributed by atoms with van der Waals surface area (Å²) < 4.78 is 5.88. The molecule has 3 aromatic carbocycles. The summed E-state index contributed by atoms with van der Waals surface area (Å²) in [4.78, 5) is 17.4. The minimum Gasteiger partial charge on any atom is -0.493 e. The van der Waals surface area contributed by atoms with E-state index in [2.05, 4.69) is 17.4 Å². The number of benzene rings is 3. The van der Waals surface area contributed by atoms with Gasteiger partial charge < -0.3 is 10.1 Å². The Morgan fingerprint density at radius 1 is 1.00 bits per heavy atom. The third-order valence-corrected chi connectivity index (χ3v) is 5.23. The summed E-state index contributed by atoms with van der Waals surface area (Å²) in [6, 6.07) is 25.1. The number of hydrogen-bond acceptors (Lipinski definition) is 3. The molecule has 1 heterocycles. The Morgan fingerprint density at radius 3 is 2.61 bits per heavy atom. The SMILES string of the molecule is CCOc1cc(-c2cccc(Cl)c2)nc2ccc(C(=O)NCCc3ccccc3)cc12. The molecule has 0 saturated carbocycles. The van der Waals surface area contributed by atoms with Gasteiger partial charge in [0.25, 0.3) is 5.91 Å². The molecule has 0 saturated heterocycles. The van der Waals surface area contributed by atoms with Gasteiger partial charge in [-0.15, -0.1) is 0 Å². The molecule has 5 heteroatoms. The minimum atomic E-state index is -0.112. The van der Waals surface area contributed by atoms with Crippen molar-refractivity contribution in [2.24, 2.45) is 0 Å². The summed E-state index contributed by atoms with van der Waals surface area (Å²) in [6.07, 6.45) is 0.787. The van der Waals surface area contributed by atoms with Gasteiger partial charge in [-0.3, -0.25) is 4.79 Å². The van der Waals surface area contributed by atoms with E-state index < -0.39 is 0 Å². The van der Waals surface area contributed by atoms with E-state index in [-0.39, 0.29) is 5.91 Å². The number of rotatable bonds is 7. The van der Waals surface area contributed by atoms with Crippen LogP contribution in [0.4, 0.5) is 0 Å². The van der Waals surface area contributed by atoms with Crippen LogP contribution in [0, 0.1) is 0 Å². The van der Waals surface area contributed by atoms with Crippen molar-refractivity contribution in [1.82, 2.24) is 10.3 Å². The zero-order valence-electron chi connectivity index (χ0n) is 17.3. The lowest BCUT2D eigenvalue weighted by Crippen LogP contribution is -2.25. The first-order valence-corrected chi connectivity index (χ1v) is 10.7. The maximum atomic E-state index is 12.7. The maximum Gasteiger partial charge on any atom is 0.251 e. The number of carbonyl (C=O) groups excluding carboxylic acids is 1. The van der Waals surface area contributed by atoms with Gasteiger partial charge in [-0.1, -0.05) is 54.1 Å². The van der Waals surface area contributed by atoms with Crippen molar-refractivity contribution < 1.29 is 9.53 Å². The number of halogens is 1. The van der Waals surface area contributed by atoms with E-state index in [1.54, 1.807) is 6.07 Å². The Labute approximate surface area is 186 Å². The zero-order valence-corrected chi connectivity index (χ0v) is 18.0. The monoisotopic (exact) mass is 430 g/mol. The van der Waals surface area contributed by atoms with E-state index in [1.165, 1.54) is 5.56 Å². The van der Waals surface area contributed by atoms with Gasteiger partial charge in [-0.25, -0.2) is 4.98 Å². The largest absolute Gasteiger partial charge is 0.493 e. The Bertz CT molecular complexity index is 1210. The molecule has 31 heavy (non-hydrogen) atoms. The molecule has 0 radical (unpaired) electrons. The van der Waals surface area contributed by atoms with Crippen LogP contribution in [0.15, 0.2) is 78.9 Å². The minimum absolute atomic E-state index is 0.112. The van der Waals surface area contributed by atoms with Crippen molar-refractivity contribution in [3.8, 4) is 17.0 Å². The van der Waals surface area contributed by atoms with Gasteiger partial charge in [-0.05, 0) is 49.2 Å². The van der Waals surface area contributed by atoms with Gasteiger partial charge >= 0.3 is 0 Å². The van der Waals surface area contributed by atoms with Crippen molar-refractivity contribution >= 4 is 28.4 Å². The first-order chi connectivity index (χ1) is 15.1. The average molecular weight is 431 g/mol. The van der Waals surface area contributed by atoms with Crippen LogP contribution < -0.4 is 10.1 Å². The normalized spacial score (nSPS) is 10.8. The van der Waals surface area contributed by atoms with Crippen LogP contribution in [-0.2, 0) is 6.42 Å². The molecule has 0 spiro atoms. The number of carbonyl (C=O) groups is 1. The third-order valence-electron chi connectivity index (χ3n) is 5.00. The van der Waals surface area contributed by atoms with Crippen molar-refractivity contribution in [2.45, 2.75) is 13.3 Å². The molecule has 4 rings (SSSR count). The van der Waals surface area contributed by atoms with E-state index in [9.17, 15) is 4.79 Å². The summed E-state index contributed by atoms with van der Waals surface area (Å²) in [6.45, 7) is 3.03. The van der Waals surface area contributed by atoms with Crippen molar-refractivity contribution in [2.75, 3.05) is 13.2 Å². The fourth-order valence-corrected chi connectivity index (χ4v) is 3.66. The lowest BCUT2D eigenvalue weighted by Gasteiger charge is -2.12. The zero-order chi connectivity index (χ0) is 21.6. The summed E-state index contributed by atoms with van der Waals surface area (Å²) in [5.74, 6) is 0.584. The van der Waals surface area contributed by atoms with Crippen LogP contribution in [0.3, 0.4) is 0 Å². The second kappa shape index (κ2) is 9.63. The fraction of sp³-hybridized carbons (Fsp3) is 0.154. The smallest absolute Gasteiger partial charge is 0.251 e. The highest BCUT2D eigenvalue weighted by Gasteiger charge is 2.13. The van der Waals surface area contributed by atoms with Gasteiger partial charge in [0.05, 0.1) is 17.8 Å². The Kier molecular flexibility index (Phi) is 6.48. The standard InChI is InChI=1S/C26H23ClN2O2/c1-2-31-25-17-24(19-9-6-10-21(27)15-19)29-23-12-11-20(16-22(23)25)26(30)28-14-13-18-7-4-3-5-8-18/h3-12,15-17H,2,13-14H2,1H3,(H,28,30). The van der Waals surface area contributed by atoms with Crippen LogP contribution in [0.1, 0.15) is 22.8 Å². The highest BCUT2D eigenvalue weighted by atomic mass is 35.5. The fourth-order valence-electron chi connectivity index (χ4n) is 3.47. The van der Waals surface area contributed by atoms with E-state index >= 15 is 0 Å². The molecule has 156 valence electrons. The first kappa shape index (κ1) is 20.9. The highest BCUT2D eigenvalue weighted by Crippen LogP contribution is 2.31. The number of nitrogens with one attached hydrogen (secondary N) is 1. The maximum absolute atomic E-state index is 12.7. The predicted molar refractivity (Wildman–Crippen MR) is 126 cm³/mol. The number of pyridine rings is 1. The second-order valence-electron chi connectivity index (χ2n) is 7.17. The van der Waals surface area contributed by atoms with Gasteiger partial charge in [0.1, 0.15) is 5.75 Å². The van der Waals surface area contributed by atoms with Crippen LogP contribution in [0.25, 0.3) is 22.2 Å². The summed E-state index contributed by atoms with van der Waals surface area (Å²) in [7, 11) is 0. The molecule has 0 aliphatic rings. The molecule has 0 fully saturated rings. The quantitative estimate of drug-likeness (QED) is 0.395. The molecular weight excluding hydrogens is 408 g/mol. The first-order valence-electron chi connectivity index (χ1n) is 10.3. The Morgan fingerprint density at radius 2 is 1.84 bits per heavy atom. The molecule has 1 aromatic heterocycles. The number of aromatic nitrogens is 1. The van der Waals surface area contributed by atoms with E-state index in [0.29, 0.717) is 29.5 Å². The number of nitrogens with zero attached hydrogens (tertiary/aromatic N) is 1. The molecule has 1 amide bonds. The second-order valence-corrected chi connectivity index (χ2v) is 7.61. The van der Waals surface area contributed by atoms with Crippen LogP contribution in [0.2, 0.25) is 5.02 Å². The van der Waals surface area contributed by atoms with Gasteiger partial charge in [0.15, 0.2) is 0 Å². The van der Waals surface area contributed by atoms with Crippen LogP contribution >= 0.6 is 11.6 Å². The molecule has 0 bridgehead atoms.